The fourth-order valence-corrected chi connectivity index (χ4v) is 3.74. The fourth-order valence-electron chi connectivity index (χ4n) is 3.23. The van der Waals surface area contributed by atoms with Crippen LogP contribution in [0, 0.1) is 12.8 Å². The van der Waals surface area contributed by atoms with Gasteiger partial charge < -0.3 is 9.64 Å². The molecule has 0 aliphatic carbocycles. The minimum atomic E-state index is 0.482. The monoisotopic (exact) mass is 367 g/mol. The maximum atomic E-state index is 6.06. The first kappa shape index (κ1) is 16.9. The third-order valence-corrected chi connectivity index (χ3v) is 5.33. The van der Waals surface area contributed by atoms with Crippen molar-refractivity contribution in [1.82, 2.24) is 20.2 Å². The molecule has 1 atom stereocenters. The summed E-state index contributed by atoms with van der Waals surface area (Å²) >= 11 is 1.48. The van der Waals surface area contributed by atoms with E-state index in [0.717, 1.165) is 48.4 Å². The van der Waals surface area contributed by atoms with Gasteiger partial charge in [0.05, 0.1) is 19.0 Å². The SMILES string of the molecule is Cc1ccccc1OCC1CCCN(c2cncc(-c3nncs3)n2)C1. The van der Waals surface area contributed by atoms with Gasteiger partial charge in [0, 0.05) is 19.0 Å². The molecule has 0 saturated carbocycles. The Kier molecular flexibility index (Phi) is 5.06. The number of rotatable bonds is 5. The fraction of sp³-hybridized carbons (Fsp3) is 0.368. The van der Waals surface area contributed by atoms with Gasteiger partial charge in [-0.2, -0.15) is 0 Å². The van der Waals surface area contributed by atoms with Gasteiger partial charge in [-0.1, -0.05) is 29.5 Å². The average Bonchev–Trinajstić information content (AvgIpc) is 3.23. The topological polar surface area (TPSA) is 64.0 Å². The molecule has 0 amide bonds. The van der Waals surface area contributed by atoms with Crippen LogP contribution in [0.2, 0.25) is 0 Å². The zero-order valence-corrected chi connectivity index (χ0v) is 15.5. The maximum absolute atomic E-state index is 6.06. The van der Waals surface area contributed by atoms with Crippen LogP contribution in [0.4, 0.5) is 5.82 Å². The number of nitrogens with zero attached hydrogens (tertiary/aromatic N) is 5. The van der Waals surface area contributed by atoms with Crippen molar-refractivity contribution in [2.75, 3.05) is 24.6 Å². The molecule has 3 aromatic rings. The quantitative estimate of drug-likeness (QED) is 0.686. The Hall–Kier alpha value is -2.54. The first-order valence-corrected chi connectivity index (χ1v) is 9.69. The number of aromatic nitrogens is 4. The third kappa shape index (κ3) is 3.83. The number of para-hydroxylation sites is 1. The van der Waals surface area contributed by atoms with Gasteiger partial charge in [0.1, 0.15) is 22.8 Å². The van der Waals surface area contributed by atoms with Gasteiger partial charge in [-0.25, -0.2) is 4.98 Å². The first-order valence-electron chi connectivity index (χ1n) is 8.81. The van der Waals surface area contributed by atoms with Crippen molar-refractivity contribution in [1.29, 1.82) is 0 Å². The van der Waals surface area contributed by atoms with Crippen LogP contribution in [0.3, 0.4) is 0 Å². The van der Waals surface area contributed by atoms with Gasteiger partial charge in [0.15, 0.2) is 5.01 Å². The predicted octanol–water partition coefficient (Wildman–Crippen LogP) is 3.60. The summed E-state index contributed by atoms with van der Waals surface area (Å²) in [5.74, 6) is 2.36. The molecule has 0 radical (unpaired) electrons. The second kappa shape index (κ2) is 7.78. The van der Waals surface area contributed by atoms with E-state index in [4.69, 9.17) is 9.72 Å². The largest absolute Gasteiger partial charge is 0.493 e. The molecule has 1 aliphatic heterocycles. The van der Waals surface area contributed by atoms with Gasteiger partial charge in [-0.3, -0.25) is 4.98 Å². The van der Waals surface area contributed by atoms with E-state index in [9.17, 15) is 0 Å². The van der Waals surface area contributed by atoms with Crippen molar-refractivity contribution in [2.24, 2.45) is 5.92 Å². The summed E-state index contributed by atoms with van der Waals surface area (Å²) in [5, 5.41) is 8.77. The molecule has 0 spiro atoms. The molecule has 2 aromatic heterocycles. The molecular weight excluding hydrogens is 346 g/mol. The van der Waals surface area contributed by atoms with Crippen LogP contribution in [0.5, 0.6) is 5.75 Å². The van der Waals surface area contributed by atoms with Gasteiger partial charge >= 0.3 is 0 Å². The number of benzene rings is 1. The number of ether oxygens (including phenoxy) is 1. The van der Waals surface area contributed by atoms with Gasteiger partial charge in [0.2, 0.25) is 0 Å². The number of piperidine rings is 1. The van der Waals surface area contributed by atoms with Crippen LogP contribution in [-0.4, -0.2) is 39.9 Å². The minimum absolute atomic E-state index is 0.482. The maximum Gasteiger partial charge on any atom is 0.167 e. The van der Waals surface area contributed by atoms with Crippen LogP contribution in [0.25, 0.3) is 10.7 Å². The van der Waals surface area contributed by atoms with Crippen molar-refractivity contribution in [3.8, 4) is 16.5 Å². The van der Waals surface area contributed by atoms with Gasteiger partial charge in [-0.15, -0.1) is 10.2 Å². The lowest BCUT2D eigenvalue weighted by Crippen LogP contribution is -2.38. The molecule has 0 bridgehead atoms. The lowest BCUT2D eigenvalue weighted by Gasteiger charge is -2.33. The van der Waals surface area contributed by atoms with Crippen LogP contribution >= 0.6 is 11.3 Å². The molecule has 0 N–H and O–H groups in total. The molecule has 1 aliphatic rings. The van der Waals surface area contributed by atoms with Crippen LogP contribution in [-0.2, 0) is 0 Å². The van der Waals surface area contributed by atoms with E-state index in [1.807, 2.05) is 24.4 Å². The summed E-state index contributed by atoms with van der Waals surface area (Å²) in [6, 6.07) is 8.17. The van der Waals surface area contributed by atoms with Gasteiger partial charge in [0.25, 0.3) is 0 Å². The highest BCUT2D eigenvalue weighted by Crippen LogP contribution is 2.25. The second-order valence-electron chi connectivity index (χ2n) is 6.54. The van der Waals surface area contributed by atoms with Crippen molar-refractivity contribution < 1.29 is 4.74 Å². The minimum Gasteiger partial charge on any atom is -0.493 e. The van der Waals surface area contributed by atoms with Crippen molar-refractivity contribution in [3.63, 3.8) is 0 Å². The molecule has 1 saturated heterocycles. The highest BCUT2D eigenvalue weighted by Gasteiger charge is 2.22. The standard InChI is InChI=1S/C19H21N5OS/c1-14-5-2-3-7-17(14)25-12-15-6-4-8-24(11-15)18-10-20-9-16(22-18)19-23-21-13-26-19/h2-3,5,7,9-10,13,15H,4,6,8,11-12H2,1H3. The smallest absolute Gasteiger partial charge is 0.167 e. The summed E-state index contributed by atoms with van der Waals surface area (Å²) in [5.41, 5.74) is 3.67. The van der Waals surface area contributed by atoms with E-state index in [0.29, 0.717) is 5.92 Å². The Morgan fingerprint density at radius 1 is 1.27 bits per heavy atom. The van der Waals surface area contributed by atoms with Crippen LogP contribution in [0.15, 0.2) is 42.2 Å². The summed E-state index contributed by atoms with van der Waals surface area (Å²) in [4.78, 5) is 11.4. The molecule has 1 fully saturated rings. The summed E-state index contributed by atoms with van der Waals surface area (Å²) < 4.78 is 6.06. The Morgan fingerprint density at radius 2 is 2.19 bits per heavy atom. The lowest BCUT2D eigenvalue weighted by atomic mass is 9.99. The van der Waals surface area contributed by atoms with Crippen molar-refractivity contribution >= 4 is 17.2 Å². The zero-order chi connectivity index (χ0) is 17.8. The summed E-state index contributed by atoms with van der Waals surface area (Å²) in [6.07, 6.45) is 5.88. The van der Waals surface area contributed by atoms with Crippen LogP contribution < -0.4 is 9.64 Å². The van der Waals surface area contributed by atoms with Crippen LogP contribution in [0.1, 0.15) is 18.4 Å². The normalized spacial score (nSPS) is 17.3. The van der Waals surface area contributed by atoms with Gasteiger partial charge in [-0.05, 0) is 31.4 Å². The molecule has 134 valence electrons. The number of anilines is 1. The Balaban J connectivity index is 1.42. The van der Waals surface area contributed by atoms with Crippen molar-refractivity contribution in [3.05, 3.63) is 47.7 Å². The molecule has 1 aromatic carbocycles. The van der Waals surface area contributed by atoms with E-state index >= 15 is 0 Å². The summed E-state index contributed by atoms with van der Waals surface area (Å²) in [6.45, 7) is 4.73. The Morgan fingerprint density at radius 3 is 3.04 bits per heavy atom. The highest BCUT2D eigenvalue weighted by molar-refractivity contribution is 7.12. The first-order chi connectivity index (χ1) is 12.8. The molecule has 3 heterocycles. The van der Waals surface area contributed by atoms with E-state index in [-0.39, 0.29) is 0 Å². The number of hydrogen-bond acceptors (Lipinski definition) is 7. The molecular formula is C19H21N5OS. The molecule has 26 heavy (non-hydrogen) atoms. The molecule has 7 heteroatoms. The molecule has 1 unspecified atom stereocenters. The Bertz CT molecular complexity index is 855. The Labute approximate surface area is 156 Å². The predicted molar refractivity (Wildman–Crippen MR) is 103 cm³/mol. The third-order valence-electron chi connectivity index (χ3n) is 4.61. The zero-order valence-electron chi connectivity index (χ0n) is 14.7. The molecule has 4 rings (SSSR count). The second-order valence-corrected chi connectivity index (χ2v) is 7.37. The molecule has 6 nitrogen and oxygen atoms in total. The number of hydrogen-bond donors (Lipinski definition) is 0. The summed E-state index contributed by atoms with van der Waals surface area (Å²) in [7, 11) is 0. The average molecular weight is 367 g/mol. The number of aryl methyl sites for hydroxylation is 1. The van der Waals surface area contributed by atoms with E-state index in [1.165, 1.54) is 23.3 Å². The lowest BCUT2D eigenvalue weighted by molar-refractivity contribution is 0.227. The van der Waals surface area contributed by atoms with Crippen molar-refractivity contribution in [2.45, 2.75) is 19.8 Å². The van der Waals surface area contributed by atoms with E-state index < -0.39 is 0 Å². The van der Waals surface area contributed by atoms with E-state index in [1.54, 1.807) is 11.7 Å². The highest BCUT2D eigenvalue weighted by atomic mass is 32.1. The van der Waals surface area contributed by atoms with E-state index in [2.05, 4.69) is 33.1 Å².